The lowest BCUT2D eigenvalue weighted by Crippen LogP contribution is -2.75. The van der Waals surface area contributed by atoms with Crippen LogP contribution in [0.1, 0.15) is 19.4 Å². The highest BCUT2D eigenvalue weighted by molar-refractivity contribution is 6.20. The number of carbonyl (C=O) groups excluding carboxylic acids is 4. The number of nitrogens with one attached hydrogen (secondary N) is 3. The third kappa shape index (κ3) is 2.82. The van der Waals surface area contributed by atoms with Gasteiger partial charge in [0.15, 0.2) is 23.3 Å². The molecule has 0 saturated carbocycles. The number of halogens is 1. The van der Waals surface area contributed by atoms with Gasteiger partial charge in [-0.3, -0.25) is 29.9 Å². The molecule has 4 atom stereocenters. The van der Waals surface area contributed by atoms with Crippen LogP contribution in [0.15, 0.2) is 10.6 Å². The summed E-state index contributed by atoms with van der Waals surface area (Å²) in [7, 11) is 0. The molecule has 5 amide bonds. The van der Waals surface area contributed by atoms with E-state index in [0.717, 1.165) is 11.1 Å². The zero-order valence-corrected chi connectivity index (χ0v) is 19.2. The number of hydrogen-bond donors (Lipinski definition) is 3. The third-order valence-corrected chi connectivity index (χ3v) is 7.22. The maximum absolute atomic E-state index is 16.1. The first-order valence-corrected chi connectivity index (χ1v) is 11.3. The van der Waals surface area contributed by atoms with Crippen LogP contribution < -0.4 is 20.4 Å². The van der Waals surface area contributed by atoms with E-state index in [2.05, 4.69) is 15.8 Å². The van der Waals surface area contributed by atoms with Gasteiger partial charge in [-0.2, -0.15) is 0 Å². The van der Waals surface area contributed by atoms with E-state index in [9.17, 15) is 19.2 Å². The lowest BCUT2D eigenvalue weighted by molar-refractivity contribution is -0.153. The topological polar surface area (TPSA) is 167 Å². The molecule has 1 aromatic carbocycles. The Labute approximate surface area is 202 Å². The number of ether oxygens (including phenoxy) is 2. The number of urea groups is 1. The maximum Gasteiger partial charge on any atom is 0.328 e. The molecule has 1 aromatic heterocycles. The van der Waals surface area contributed by atoms with Gasteiger partial charge >= 0.3 is 6.03 Å². The van der Waals surface area contributed by atoms with Crippen LogP contribution in [-0.4, -0.2) is 72.8 Å². The number of fused-ring (bicyclic) bond motifs is 5. The lowest BCUT2D eigenvalue weighted by Gasteiger charge is -2.55. The van der Waals surface area contributed by atoms with Crippen molar-refractivity contribution in [1.29, 1.82) is 5.41 Å². The van der Waals surface area contributed by atoms with Gasteiger partial charge in [0.05, 0.1) is 29.3 Å². The van der Waals surface area contributed by atoms with Crippen molar-refractivity contribution >= 4 is 52.4 Å². The minimum atomic E-state index is -1.79. The van der Waals surface area contributed by atoms with E-state index in [1.165, 1.54) is 6.07 Å². The molecule has 0 bridgehead atoms. The number of hydrogen-bond acceptors (Lipinski definition) is 10. The Bertz CT molecular complexity index is 1350. The molecule has 188 valence electrons. The lowest BCUT2D eigenvalue weighted by atomic mass is 9.66. The summed E-state index contributed by atoms with van der Waals surface area (Å²) in [5.41, 5.74) is -1.59. The second-order valence-electron chi connectivity index (χ2n) is 9.35. The standard InChI is InChI=1S/C22H21FN6O7/c1-8-6-28-15-10(4-22(17(28)9(2)35-8)19(31)25-21(33)26-20(22)32)3-11-16(14(15)23)36-27-18(11)29-12(30)7-34-13(29)5-24/h3,5,8-9,13,17,24H,4,6-7H2,1-2H3,(H2,25,26,31,32,33)/t8-,9+,13-,17-/m1/s1. The van der Waals surface area contributed by atoms with E-state index in [1.54, 1.807) is 18.7 Å². The number of imide groups is 2. The van der Waals surface area contributed by atoms with E-state index in [-0.39, 0.29) is 48.2 Å². The molecule has 4 aliphatic heterocycles. The number of aromatic nitrogens is 1. The minimum absolute atomic E-state index is 0.0460. The van der Waals surface area contributed by atoms with Crippen molar-refractivity contribution in [3.63, 3.8) is 0 Å². The molecule has 14 heteroatoms. The Morgan fingerprint density at radius 3 is 2.64 bits per heavy atom. The first-order chi connectivity index (χ1) is 17.2. The second-order valence-corrected chi connectivity index (χ2v) is 9.35. The van der Waals surface area contributed by atoms with Crippen LogP contribution in [0, 0.1) is 16.6 Å². The number of amides is 5. The number of barbiturate groups is 1. The maximum atomic E-state index is 16.1. The monoisotopic (exact) mass is 500 g/mol. The predicted molar refractivity (Wildman–Crippen MR) is 119 cm³/mol. The van der Waals surface area contributed by atoms with Gasteiger partial charge < -0.3 is 24.3 Å². The highest BCUT2D eigenvalue weighted by atomic mass is 19.1. The van der Waals surface area contributed by atoms with Crippen molar-refractivity contribution in [1.82, 2.24) is 15.8 Å². The van der Waals surface area contributed by atoms with Gasteiger partial charge in [-0.1, -0.05) is 5.16 Å². The van der Waals surface area contributed by atoms with E-state index < -0.39 is 53.4 Å². The largest absolute Gasteiger partial charge is 0.372 e. The molecule has 2 aromatic rings. The van der Waals surface area contributed by atoms with Crippen molar-refractivity contribution in [3.05, 3.63) is 17.4 Å². The summed E-state index contributed by atoms with van der Waals surface area (Å²) in [4.78, 5) is 53.6. The van der Waals surface area contributed by atoms with Gasteiger partial charge in [-0.15, -0.1) is 0 Å². The molecule has 3 N–H and O–H groups in total. The van der Waals surface area contributed by atoms with E-state index >= 15 is 4.39 Å². The van der Waals surface area contributed by atoms with E-state index in [0.29, 0.717) is 5.56 Å². The van der Waals surface area contributed by atoms with E-state index in [4.69, 9.17) is 19.4 Å². The molecule has 6 rings (SSSR count). The summed E-state index contributed by atoms with van der Waals surface area (Å²) in [6, 6.07) is -0.329. The smallest absolute Gasteiger partial charge is 0.328 e. The first kappa shape index (κ1) is 22.5. The first-order valence-electron chi connectivity index (χ1n) is 11.3. The average molecular weight is 500 g/mol. The Kier molecular flexibility index (Phi) is 4.72. The van der Waals surface area contributed by atoms with Gasteiger partial charge in [0.2, 0.25) is 17.4 Å². The Morgan fingerprint density at radius 2 is 1.94 bits per heavy atom. The molecule has 3 fully saturated rings. The van der Waals surface area contributed by atoms with Gasteiger partial charge in [0.1, 0.15) is 6.61 Å². The predicted octanol–water partition coefficient (Wildman–Crippen LogP) is 0.196. The number of morpholine rings is 1. The zero-order chi connectivity index (χ0) is 25.5. The SMILES string of the molecule is C[C@@H]1CN2c3c(cc4c(N5C(=O)CO[C@@H]5C=N)noc4c3F)CC3(C(=O)NC(=O)NC3=O)[C@H]2[C@H](C)O1. The molecular weight excluding hydrogens is 479 g/mol. The number of rotatable bonds is 2. The molecule has 0 aliphatic carbocycles. The fraction of sp³-hybridized carbons (Fsp3) is 0.455. The molecule has 1 spiro atoms. The fourth-order valence-electron chi connectivity index (χ4n) is 5.91. The summed E-state index contributed by atoms with van der Waals surface area (Å²) >= 11 is 0. The normalized spacial score (nSPS) is 29.3. The van der Waals surface area contributed by atoms with Crippen molar-refractivity contribution in [3.8, 4) is 0 Å². The van der Waals surface area contributed by atoms with Crippen molar-refractivity contribution in [2.45, 2.75) is 44.7 Å². The van der Waals surface area contributed by atoms with Crippen LogP contribution in [0.2, 0.25) is 0 Å². The van der Waals surface area contributed by atoms with Crippen molar-refractivity contribution in [2.75, 3.05) is 23.0 Å². The Hall–Kier alpha value is -3.91. The molecule has 0 radical (unpaired) electrons. The average Bonchev–Trinajstić information content (AvgIpc) is 3.39. The summed E-state index contributed by atoms with van der Waals surface area (Å²) in [5, 5.41) is 15.9. The minimum Gasteiger partial charge on any atom is -0.372 e. The van der Waals surface area contributed by atoms with Gasteiger partial charge in [-0.25, -0.2) is 9.18 Å². The summed E-state index contributed by atoms with van der Waals surface area (Å²) in [6.07, 6.45) is -1.40. The van der Waals surface area contributed by atoms with Crippen LogP contribution in [0.3, 0.4) is 0 Å². The van der Waals surface area contributed by atoms with Crippen molar-refractivity contribution in [2.24, 2.45) is 5.41 Å². The Morgan fingerprint density at radius 1 is 1.22 bits per heavy atom. The molecule has 13 nitrogen and oxygen atoms in total. The van der Waals surface area contributed by atoms with Crippen LogP contribution >= 0.6 is 0 Å². The molecule has 3 saturated heterocycles. The third-order valence-electron chi connectivity index (χ3n) is 7.22. The van der Waals surface area contributed by atoms with Crippen LogP contribution in [0.4, 0.5) is 20.7 Å². The van der Waals surface area contributed by atoms with Crippen LogP contribution in [0.5, 0.6) is 0 Å². The Balaban J connectivity index is 1.58. The quantitative estimate of drug-likeness (QED) is 0.385. The highest BCUT2D eigenvalue weighted by Crippen LogP contribution is 2.49. The van der Waals surface area contributed by atoms with Gasteiger partial charge in [0.25, 0.3) is 5.91 Å². The highest BCUT2D eigenvalue weighted by Gasteiger charge is 2.63. The number of anilines is 2. The summed E-state index contributed by atoms with van der Waals surface area (Å²) in [6.45, 7) is 3.36. The molecule has 0 unspecified atom stereocenters. The molecular formula is C22H21FN6O7. The molecule has 4 aliphatic rings. The fourth-order valence-corrected chi connectivity index (χ4v) is 5.91. The number of nitrogens with zero attached hydrogens (tertiary/aromatic N) is 3. The van der Waals surface area contributed by atoms with Crippen LogP contribution in [0.25, 0.3) is 11.0 Å². The molecule has 36 heavy (non-hydrogen) atoms. The van der Waals surface area contributed by atoms with E-state index in [1.807, 2.05) is 0 Å². The van der Waals surface area contributed by atoms with Crippen LogP contribution in [-0.2, 0) is 30.3 Å². The second kappa shape index (κ2) is 7.54. The number of carbonyl (C=O) groups is 4. The summed E-state index contributed by atoms with van der Waals surface area (Å²) < 4.78 is 32.6. The zero-order valence-electron chi connectivity index (χ0n) is 19.2. The van der Waals surface area contributed by atoms with Gasteiger partial charge in [0, 0.05) is 19.2 Å². The van der Waals surface area contributed by atoms with Crippen molar-refractivity contribution < 1.29 is 37.6 Å². The number of benzene rings is 1. The summed E-state index contributed by atoms with van der Waals surface area (Å²) in [5.74, 6) is -2.92. The van der Waals surface area contributed by atoms with Gasteiger partial charge in [-0.05, 0) is 25.5 Å². The molecule has 5 heterocycles.